The fourth-order valence-corrected chi connectivity index (χ4v) is 1.82. The van der Waals surface area contributed by atoms with Crippen molar-refractivity contribution in [1.29, 1.82) is 5.26 Å². The van der Waals surface area contributed by atoms with Gasteiger partial charge >= 0.3 is 5.97 Å². The van der Waals surface area contributed by atoms with E-state index in [0.717, 1.165) is 5.56 Å². The molecule has 1 rings (SSSR count). The van der Waals surface area contributed by atoms with Crippen molar-refractivity contribution in [1.82, 2.24) is 10.6 Å². The molecule has 0 unspecified atom stereocenters. The van der Waals surface area contributed by atoms with E-state index in [4.69, 9.17) is 22.0 Å². The predicted octanol–water partition coefficient (Wildman–Crippen LogP) is 1.47. The van der Waals surface area contributed by atoms with Crippen molar-refractivity contribution in [3.05, 3.63) is 46.6 Å². The second-order valence-electron chi connectivity index (χ2n) is 4.40. The van der Waals surface area contributed by atoms with Crippen molar-refractivity contribution in [3.8, 4) is 6.07 Å². The van der Waals surface area contributed by atoms with E-state index in [2.05, 4.69) is 10.6 Å². The molecule has 0 spiro atoms. The summed E-state index contributed by atoms with van der Waals surface area (Å²) in [6.07, 6.45) is 1.82. The van der Waals surface area contributed by atoms with E-state index < -0.39 is 11.9 Å². The lowest BCUT2D eigenvalue weighted by Gasteiger charge is -2.04. The minimum absolute atomic E-state index is 0.0182. The van der Waals surface area contributed by atoms with Gasteiger partial charge in [0.2, 0.25) is 0 Å². The number of carboxylic acids is 1. The van der Waals surface area contributed by atoms with Crippen LogP contribution in [0.15, 0.2) is 36.0 Å². The van der Waals surface area contributed by atoms with Gasteiger partial charge in [0, 0.05) is 24.3 Å². The van der Waals surface area contributed by atoms with Crippen LogP contribution in [0.25, 0.3) is 0 Å². The Morgan fingerprint density at radius 2 is 2.14 bits per heavy atom. The highest BCUT2D eigenvalue weighted by Crippen LogP contribution is 2.10. The maximum Gasteiger partial charge on any atom is 0.305 e. The van der Waals surface area contributed by atoms with Gasteiger partial charge in [0.1, 0.15) is 11.6 Å². The van der Waals surface area contributed by atoms with Gasteiger partial charge in [0.05, 0.1) is 6.42 Å². The third-order valence-corrected chi connectivity index (χ3v) is 2.92. The minimum atomic E-state index is -1.01. The van der Waals surface area contributed by atoms with Crippen LogP contribution in [0.1, 0.15) is 12.0 Å². The summed E-state index contributed by atoms with van der Waals surface area (Å²) in [4.78, 5) is 21.9. The molecule has 0 radical (unpaired) electrons. The SMILES string of the molecule is N#C/C(=C/NCCc1cccc(Cl)c1)C(=O)NCCC(=O)O. The van der Waals surface area contributed by atoms with E-state index in [1.54, 1.807) is 12.1 Å². The molecule has 0 saturated heterocycles. The molecule has 0 atom stereocenters. The molecule has 7 heteroatoms. The van der Waals surface area contributed by atoms with Gasteiger partial charge in [-0.1, -0.05) is 23.7 Å². The maximum atomic E-state index is 11.6. The summed E-state index contributed by atoms with van der Waals surface area (Å²) in [7, 11) is 0. The molecule has 1 aromatic rings. The molecular weight excluding hydrogens is 306 g/mol. The molecular formula is C15H16ClN3O3. The highest BCUT2D eigenvalue weighted by Gasteiger charge is 2.08. The molecule has 22 heavy (non-hydrogen) atoms. The van der Waals surface area contributed by atoms with E-state index in [-0.39, 0.29) is 18.5 Å². The lowest BCUT2D eigenvalue weighted by Crippen LogP contribution is -2.28. The number of rotatable bonds is 8. The molecule has 116 valence electrons. The summed E-state index contributed by atoms with van der Waals surface area (Å²) in [5.74, 6) is -1.61. The number of carboxylic acid groups (broad SMARTS) is 1. The normalized spacial score (nSPS) is 10.6. The third-order valence-electron chi connectivity index (χ3n) is 2.68. The first-order valence-corrected chi connectivity index (χ1v) is 6.99. The highest BCUT2D eigenvalue weighted by atomic mass is 35.5. The van der Waals surface area contributed by atoms with Gasteiger partial charge in [0.15, 0.2) is 0 Å². The molecule has 0 saturated carbocycles. The van der Waals surface area contributed by atoms with E-state index in [1.807, 2.05) is 18.2 Å². The molecule has 0 heterocycles. The first-order chi connectivity index (χ1) is 10.5. The highest BCUT2D eigenvalue weighted by molar-refractivity contribution is 6.30. The smallest absolute Gasteiger partial charge is 0.305 e. The number of carbonyl (C=O) groups is 2. The van der Waals surface area contributed by atoms with Crippen molar-refractivity contribution >= 4 is 23.5 Å². The zero-order chi connectivity index (χ0) is 16.4. The summed E-state index contributed by atoms with van der Waals surface area (Å²) in [6.45, 7) is 0.517. The topological polar surface area (TPSA) is 102 Å². The van der Waals surface area contributed by atoms with Crippen LogP contribution in [0.5, 0.6) is 0 Å². The van der Waals surface area contributed by atoms with Crippen molar-refractivity contribution < 1.29 is 14.7 Å². The third kappa shape index (κ3) is 6.77. The summed E-state index contributed by atoms with van der Waals surface area (Å²) >= 11 is 5.87. The average Bonchev–Trinajstić information content (AvgIpc) is 2.47. The Labute approximate surface area is 133 Å². The number of benzene rings is 1. The number of halogens is 1. The molecule has 3 N–H and O–H groups in total. The quantitative estimate of drug-likeness (QED) is 0.382. The fraction of sp³-hybridized carbons (Fsp3) is 0.267. The number of hydrogen-bond donors (Lipinski definition) is 3. The number of nitriles is 1. The second-order valence-corrected chi connectivity index (χ2v) is 4.84. The molecule has 1 aromatic carbocycles. The molecule has 0 bridgehead atoms. The van der Waals surface area contributed by atoms with E-state index in [1.165, 1.54) is 6.20 Å². The maximum absolute atomic E-state index is 11.6. The standard InChI is InChI=1S/C15H16ClN3O3/c16-13-3-1-2-11(8-13)4-6-18-10-12(9-17)15(22)19-7-5-14(20)21/h1-3,8,10,18H,4-7H2,(H,19,22)(H,20,21)/b12-10-. The molecule has 0 aliphatic rings. The average molecular weight is 322 g/mol. The van der Waals surface area contributed by atoms with Crippen LogP contribution in [0.2, 0.25) is 5.02 Å². The van der Waals surface area contributed by atoms with Gasteiger partial charge in [-0.2, -0.15) is 5.26 Å². The summed E-state index contributed by atoms with van der Waals surface area (Å²) < 4.78 is 0. The van der Waals surface area contributed by atoms with Gasteiger partial charge in [0.25, 0.3) is 5.91 Å². The summed E-state index contributed by atoms with van der Waals surface area (Å²) in [6, 6.07) is 9.18. The Kier molecular flexibility index (Phi) is 7.51. The summed E-state index contributed by atoms with van der Waals surface area (Å²) in [5, 5.41) is 23.3. The summed E-state index contributed by atoms with van der Waals surface area (Å²) in [5.41, 5.74) is 0.939. The number of carbonyl (C=O) groups excluding carboxylic acids is 1. The molecule has 6 nitrogen and oxygen atoms in total. The number of amides is 1. The number of nitrogens with one attached hydrogen (secondary N) is 2. The molecule has 0 fully saturated rings. The molecule has 0 aliphatic heterocycles. The lowest BCUT2D eigenvalue weighted by atomic mass is 10.1. The Balaban J connectivity index is 2.40. The van der Waals surface area contributed by atoms with E-state index in [0.29, 0.717) is 18.0 Å². The number of nitrogens with zero attached hydrogens (tertiary/aromatic N) is 1. The van der Waals surface area contributed by atoms with Crippen LogP contribution in [0.3, 0.4) is 0 Å². The van der Waals surface area contributed by atoms with Gasteiger partial charge in [-0.25, -0.2) is 0 Å². The van der Waals surface area contributed by atoms with Crippen molar-refractivity contribution in [3.63, 3.8) is 0 Å². The largest absolute Gasteiger partial charge is 0.481 e. The van der Waals surface area contributed by atoms with Gasteiger partial charge in [-0.3, -0.25) is 9.59 Å². The Morgan fingerprint density at radius 1 is 1.36 bits per heavy atom. The van der Waals surface area contributed by atoms with Gasteiger partial charge in [-0.15, -0.1) is 0 Å². The number of hydrogen-bond acceptors (Lipinski definition) is 4. The van der Waals surface area contributed by atoms with Crippen LogP contribution < -0.4 is 10.6 Å². The monoisotopic (exact) mass is 321 g/mol. The zero-order valence-electron chi connectivity index (χ0n) is 11.8. The first-order valence-electron chi connectivity index (χ1n) is 6.61. The van der Waals surface area contributed by atoms with E-state index >= 15 is 0 Å². The van der Waals surface area contributed by atoms with Crippen molar-refractivity contribution in [2.24, 2.45) is 0 Å². The Bertz CT molecular complexity index is 608. The van der Waals surface area contributed by atoms with Crippen LogP contribution in [-0.2, 0) is 16.0 Å². The lowest BCUT2D eigenvalue weighted by molar-refractivity contribution is -0.136. The van der Waals surface area contributed by atoms with Crippen LogP contribution >= 0.6 is 11.6 Å². The molecule has 0 aliphatic carbocycles. The van der Waals surface area contributed by atoms with Crippen LogP contribution in [-0.4, -0.2) is 30.1 Å². The van der Waals surface area contributed by atoms with Crippen LogP contribution in [0, 0.1) is 11.3 Å². The predicted molar refractivity (Wildman–Crippen MR) is 82.1 cm³/mol. The van der Waals surface area contributed by atoms with Gasteiger partial charge < -0.3 is 15.7 Å². The molecule has 1 amide bonds. The fourth-order valence-electron chi connectivity index (χ4n) is 1.61. The van der Waals surface area contributed by atoms with E-state index in [9.17, 15) is 9.59 Å². The van der Waals surface area contributed by atoms with Crippen molar-refractivity contribution in [2.75, 3.05) is 13.1 Å². The zero-order valence-corrected chi connectivity index (χ0v) is 12.6. The van der Waals surface area contributed by atoms with Crippen LogP contribution in [0.4, 0.5) is 0 Å². The second kappa shape index (κ2) is 9.42. The first kappa shape index (κ1) is 17.5. The number of aliphatic carboxylic acids is 1. The van der Waals surface area contributed by atoms with Crippen molar-refractivity contribution in [2.45, 2.75) is 12.8 Å². The Morgan fingerprint density at radius 3 is 2.77 bits per heavy atom. The molecule has 0 aromatic heterocycles. The minimum Gasteiger partial charge on any atom is -0.481 e. The van der Waals surface area contributed by atoms with Gasteiger partial charge in [-0.05, 0) is 24.1 Å². The Hall–Kier alpha value is -2.52.